The molecule has 98 valence electrons. The standard InChI is InChI=1S/C13H19N3O2/c1-13(2,3)7-10(14)6-11-15-12(16-18-11)9-4-5-17-8-9/h4-5,8,10H,6-7,14H2,1-3H3. The van der Waals surface area contributed by atoms with Crippen molar-refractivity contribution >= 4 is 0 Å². The zero-order valence-corrected chi connectivity index (χ0v) is 11.0. The molecule has 1 unspecified atom stereocenters. The van der Waals surface area contributed by atoms with Crippen LogP contribution in [0.4, 0.5) is 0 Å². The lowest BCUT2D eigenvalue weighted by Gasteiger charge is -2.21. The van der Waals surface area contributed by atoms with Gasteiger partial charge in [-0.1, -0.05) is 25.9 Å². The Morgan fingerprint density at radius 1 is 1.39 bits per heavy atom. The van der Waals surface area contributed by atoms with Gasteiger partial charge in [0.2, 0.25) is 11.7 Å². The number of nitrogens with zero attached hydrogens (tertiary/aromatic N) is 2. The maximum atomic E-state index is 6.07. The molecule has 0 fully saturated rings. The van der Waals surface area contributed by atoms with Crippen LogP contribution in [-0.2, 0) is 6.42 Å². The van der Waals surface area contributed by atoms with Crippen molar-refractivity contribution in [2.45, 2.75) is 39.7 Å². The molecule has 1 atom stereocenters. The number of hydrogen-bond acceptors (Lipinski definition) is 5. The van der Waals surface area contributed by atoms with Crippen molar-refractivity contribution in [2.75, 3.05) is 0 Å². The third-order valence-electron chi connectivity index (χ3n) is 2.56. The van der Waals surface area contributed by atoms with Gasteiger partial charge in [-0.3, -0.25) is 0 Å². The molecule has 0 bridgehead atoms. The normalized spacial score (nSPS) is 13.8. The molecule has 18 heavy (non-hydrogen) atoms. The average molecular weight is 249 g/mol. The van der Waals surface area contributed by atoms with Gasteiger partial charge in [-0.25, -0.2) is 0 Å². The van der Waals surface area contributed by atoms with Crippen molar-refractivity contribution in [2.24, 2.45) is 11.1 Å². The Hall–Kier alpha value is -1.62. The van der Waals surface area contributed by atoms with Gasteiger partial charge in [-0.2, -0.15) is 4.98 Å². The topological polar surface area (TPSA) is 78.1 Å². The molecule has 0 aliphatic heterocycles. The predicted molar refractivity (Wildman–Crippen MR) is 67.8 cm³/mol. The molecule has 0 spiro atoms. The van der Waals surface area contributed by atoms with E-state index >= 15 is 0 Å². The average Bonchev–Trinajstić information content (AvgIpc) is 2.82. The van der Waals surface area contributed by atoms with Crippen LogP contribution in [0, 0.1) is 5.41 Å². The van der Waals surface area contributed by atoms with Gasteiger partial charge < -0.3 is 14.7 Å². The highest BCUT2D eigenvalue weighted by Gasteiger charge is 2.18. The lowest BCUT2D eigenvalue weighted by Crippen LogP contribution is -2.28. The van der Waals surface area contributed by atoms with Gasteiger partial charge in [0.15, 0.2) is 0 Å². The number of hydrogen-bond donors (Lipinski definition) is 1. The summed E-state index contributed by atoms with van der Waals surface area (Å²) in [6.07, 6.45) is 4.68. The van der Waals surface area contributed by atoms with Crippen LogP contribution in [0.25, 0.3) is 11.4 Å². The molecular weight excluding hydrogens is 230 g/mol. The zero-order valence-electron chi connectivity index (χ0n) is 11.0. The fraction of sp³-hybridized carbons (Fsp3) is 0.538. The Morgan fingerprint density at radius 3 is 2.78 bits per heavy atom. The van der Waals surface area contributed by atoms with Crippen molar-refractivity contribution in [3.63, 3.8) is 0 Å². The fourth-order valence-electron chi connectivity index (χ4n) is 1.93. The van der Waals surface area contributed by atoms with Crippen LogP contribution in [0.5, 0.6) is 0 Å². The third kappa shape index (κ3) is 3.43. The summed E-state index contributed by atoms with van der Waals surface area (Å²) in [6, 6.07) is 1.83. The van der Waals surface area contributed by atoms with Gasteiger partial charge in [0.25, 0.3) is 0 Å². The maximum absolute atomic E-state index is 6.07. The first-order valence-electron chi connectivity index (χ1n) is 6.05. The van der Waals surface area contributed by atoms with Crippen LogP contribution in [-0.4, -0.2) is 16.2 Å². The summed E-state index contributed by atoms with van der Waals surface area (Å²) in [4.78, 5) is 4.30. The van der Waals surface area contributed by atoms with E-state index < -0.39 is 0 Å². The monoisotopic (exact) mass is 249 g/mol. The van der Waals surface area contributed by atoms with Gasteiger partial charge in [-0.05, 0) is 17.9 Å². The largest absolute Gasteiger partial charge is 0.472 e. The van der Waals surface area contributed by atoms with E-state index in [-0.39, 0.29) is 11.5 Å². The van der Waals surface area contributed by atoms with Crippen LogP contribution in [0.15, 0.2) is 27.5 Å². The molecule has 2 heterocycles. The van der Waals surface area contributed by atoms with Crippen LogP contribution in [0.2, 0.25) is 0 Å². The number of aromatic nitrogens is 2. The van der Waals surface area contributed by atoms with E-state index in [1.165, 1.54) is 0 Å². The van der Waals surface area contributed by atoms with Crippen molar-refractivity contribution in [1.29, 1.82) is 0 Å². The van der Waals surface area contributed by atoms with Crippen molar-refractivity contribution < 1.29 is 8.94 Å². The molecule has 0 saturated carbocycles. The molecule has 0 radical (unpaired) electrons. The van der Waals surface area contributed by atoms with Gasteiger partial charge in [-0.15, -0.1) is 0 Å². The SMILES string of the molecule is CC(C)(C)CC(N)Cc1nc(-c2ccoc2)no1. The van der Waals surface area contributed by atoms with Crippen molar-refractivity contribution in [3.8, 4) is 11.4 Å². The highest BCUT2D eigenvalue weighted by atomic mass is 16.5. The van der Waals surface area contributed by atoms with E-state index in [9.17, 15) is 0 Å². The molecule has 2 N–H and O–H groups in total. The van der Waals surface area contributed by atoms with Crippen LogP contribution in [0.1, 0.15) is 33.1 Å². The van der Waals surface area contributed by atoms with E-state index in [1.54, 1.807) is 18.6 Å². The first kappa shape index (κ1) is 12.8. The second-order valence-corrected chi connectivity index (χ2v) is 5.75. The summed E-state index contributed by atoms with van der Waals surface area (Å²) in [5.74, 6) is 1.12. The molecular formula is C13H19N3O2. The smallest absolute Gasteiger partial charge is 0.228 e. The summed E-state index contributed by atoms with van der Waals surface area (Å²) in [6.45, 7) is 6.49. The molecule has 0 aliphatic carbocycles. The van der Waals surface area contributed by atoms with E-state index in [0.29, 0.717) is 18.1 Å². The molecule has 0 aromatic carbocycles. The minimum atomic E-state index is 0.0302. The van der Waals surface area contributed by atoms with Crippen molar-refractivity contribution in [1.82, 2.24) is 10.1 Å². The van der Waals surface area contributed by atoms with E-state index in [0.717, 1.165) is 12.0 Å². The van der Waals surface area contributed by atoms with Crippen molar-refractivity contribution in [3.05, 3.63) is 24.5 Å². The van der Waals surface area contributed by atoms with Crippen LogP contribution in [0.3, 0.4) is 0 Å². The summed E-state index contributed by atoms with van der Waals surface area (Å²) < 4.78 is 10.2. The third-order valence-corrected chi connectivity index (χ3v) is 2.56. The quantitative estimate of drug-likeness (QED) is 0.901. The van der Waals surface area contributed by atoms with Crippen LogP contribution < -0.4 is 5.73 Å². The Morgan fingerprint density at radius 2 is 2.17 bits per heavy atom. The Balaban J connectivity index is 1.99. The Kier molecular flexibility index (Phi) is 3.52. The molecule has 0 aliphatic rings. The maximum Gasteiger partial charge on any atom is 0.228 e. The first-order chi connectivity index (χ1) is 8.44. The Labute approximate surface area is 106 Å². The highest BCUT2D eigenvalue weighted by molar-refractivity contribution is 5.51. The summed E-state index contributed by atoms with van der Waals surface area (Å²) in [5, 5.41) is 3.91. The second kappa shape index (κ2) is 4.94. The van der Waals surface area contributed by atoms with Crippen LogP contribution >= 0.6 is 0 Å². The number of nitrogens with two attached hydrogens (primary N) is 1. The Bertz CT molecular complexity index is 483. The zero-order chi connectivity index (χ0) is 13.2. The van der Waals surface area contributed by atoms with E-state index in [1.807, 2.05) is 0 Å². The van der Waals surface area contributed by atoms with Gasteiger partial charge in [0, 0.05) is 12.5 Å². The summed E-state index contributed by atoms with van der Waals surface area (Å²) in [7, 11) is 0. The molecule has 2 rings (SSSR count). The van der Waals surface area contributed by atoms with E-state index in [2.05, 4.69) is 30.9 Å². The molecule has 5 heteroatoms. The lowest BCUT2D eigenvalue weighted by atomic mass is 9.87. The van der Waals surface area contributed by atoms with Gasteiger partial charge in [0.05, 0.1) is 11.8 Å². The van der Waals surface area contributed by atoms with E-state index in [4.69, 9.17) is 14.7 Å². The predicted octanol–water partition coefficient (Wildman–Crippen LogP) is 2.64. The molecule has 2 aromatic rings. The minimum absolute atomic E-state index is 0.0302. The summed E-state index contributed by atoms with van der Waals surface area (Å²) >= 11 is 0. The molecule has 2 aromatic heterocycles. The second-order valence-electron chi connectivity index (χ2n) is 5.75. The number of rotatable bonds is 4. The molecule has 0 saturated heterocycles. The fourth-order valence-corrected chi connectivity index (χ4v) is 1.93. The van der Waals surface area contributed by atoms with Gasteiger partial charge >= 0.3 is 0 Å². The first-order valence-corrected chi connectivity index (χ1v) is 6.05. The minimum Gasteiger partial charge on any atom is -0.472 e. The molecule has 5 nitrogen and oxygen atoms in total. The summed E-state index contributed by atoms with van der Waals surface area (Å²) in [5.41, 5.74) is 7.09. The molecule has 0 amide bonds. The van der Waals surface area contributed by atoms with Gasteiger partial charge in [0.1, 0.15) is 6.26 Å². The number of furan rings is 1. The lowest BCUT2D eigenvalue weighted by molar-refractivity contribution is 0.313. The highest BCUT2D eigenvalue weighted by Crippen LogP contribution is 2.22.